The third kappa shape index (κ3) is 3.86. The molecule has 1 aliphatic heterocycles. The number of nitrogens with one attached hydrogen (secondary N) is 1. The van der Waals surface area contributed by atoms with E-state index < -0.39 is 0 Å². The van der Waals surface area contributed by atoms with Gasteiger partial charge in [0.25, 0.3) is 0 Å². The van der Waals surface area contributed by atoms with Gasteiger partial charge in [-0.3, -0.25) is 0 Å². The lowest BCUT2D eigenvalue weighted by Gasteiger charge is -2.21. The van der Waals surface area contributed by atoms with Gasteiger partial charge in [0.1, 0.15) is 0 Å². The predicted octanol–water partition coefficient (Wildman–Crippen LogP) is 3.57. The van der Waals surface area contributed by atoms with Crippen LogP contribution in [0.4, 0.5) is 0 Å². The molecule has 2 rings (SSSR count). The third-order valence-electron chi connectivity index (χ3n) is 3.42. The van der Waals surface area contributed by atoms with E-state index in [9.17, 15) is 0 Å². The zero-order chi connectivity index (χ0) is 13.0. The summed E-state index contributed by atoms with van der Waals surface area (Å²) < 4.78 is 0. The molecule has 100 valence electrons. The summed E-state index contributed by atoms with van der Waals surface area (Å²) in [6.45, 7) is 6.51. The first kappa shape index (κ1) is 14.1. The Hall–Kier alpha value is -0.280. The third-order valence-corrected chi connectivity index (χ3v) is 4.13. The Kier molecular flexibility index (Phi) is 5.31. The molecule has 1 atom stereocenters. The van der Waals surface area contributed by atoms with Gasteiger partial charge in [0.05, 0.1) is 0 Å². The number of nitrogens with zero attached hydrogens (tertiary/aromatic N) is 1. The zero-order valence-corrected chi connectivity index (χ0v) is 12.3. The summed E-state index contributed by atoms with van der Waals surface area (Å²) in [6.07, 6.45) is 2.67. The van der Waals surface area contributed by atoms with Gasteiger partial charge in [0.15, 0.2) is 0 Å². The monoisotopic (exact) mass is 286 g/mol. The zero-order valence-electron chi connectivity index (χ0n) is 10.8. The highest BCUT2D eigenvalue weighted by molar-refractivity contribution is 6.35. The molecule has 1 aromatic carbocycles. The Morgan fingerprint density at radius 3 is 2.44 bits per heavy atom. The van der Waals surface area contributed by atoms with Crippen LogP contribution >= 0.6 is 23.2 Å². The van der Waals surface area contributed by atoms with Crippen LogP contribution in [0.2, 0.25) is 10.0 Å². The maximum absolute atomic E-state index is 6.15. The Morgan fingerprint density at radius 2 is 1.83 bits per heavy atom. The number of halogens is 2. The van der Waals surface area contributed by atoms with Crippen LogP contribution in [0.1, 0.15) is 25.3 Å². The second kappa shape index (κ2) is 6.76. The van der Waals surface area contributed by atoms with Gasteiger partial charge >= 0.3 is 0 Å². The molecule has 18 heavy (non-hydrogen) atoms. The molecule has 0 bridgehead atoms. The minimum Gasteiger partial charge on any atom is -0.309 e. The van der Waals surface area contributed by atoms with E-state index in [1.807, 2.05) is 18.2 Å². The van der Waals surface area contributed by atoms with Gasteiger partial charge in [-0.2, -0.15) is 0 Å². The van der Waals surface area contributed by atoms with Gasteiger partial charge in [-0.1, -0.05) is 29.3 Å². The topological polar surface area (TPSA) is 15.3 Å². The van der Waals surface area contributed by atoms with Crippen molar-refractivity contribution in [3.05, 3.63) is 33.8 Å². The van der Waals surface area contributed by atoms with Crippen LogP contribution in [-0.2, 0) is 6.54 Å². The lowest BCUT2D eigenvalue weighted by atomic mass is 10.2. The van der Waals surface area contributed by atoms with Crippen LogP contribution in [0.25, 0.3) is 0 Å². The standard InChI is InChI=1S/C14H20Cl2N2/c1-11(10-18-7-2-3-8-18)17-9-12-13(15)5-4-6-14(12)16/h4-6,11,17H,2-3,7-10H2,1H3. The van der Waals surface area contributed by atoms with Crippen molar-refractivity contribution in [3.63, 3.8) is 0 Å². The minimum absolute atomic E-state index is 0.454. The molecule has 1 unspecified atom stereocenters. The summed E-state index contributed by atoms with van der Waals surface area (Å²) in [7, 11) is 0. The van der Waals surface area contributed by atoms with E-state index >= 15 is 0 Å². The highest BCUT2D eigenvalue weighted by Crippen LogP contribution is 2.24. The van der Waals surface area contributed by atoms with Crippen molar-refractivity contribution in [2.45, 2.75) is 32.4 Å². The molecule has 1 aromatic rings. The summed E-state index contributed by atoms with van der Waals surface area (Å²) in [5.74, 6) is 0. The maximum Gasteiger partial charge on any atom is 0.0465 e. The molecule has 0 spiro atoms. The van der Waals surface area contributed by atoms with E-state index in [-0.39, 0.29) is 0 Å². The fourth-order valence-corrected chi connectivity index (χ4v) is 2.93. The van der Waals surface area contributed by atoms with Crippen molar-refractivity contribution in [1.82, 2.24) is 10.2 Å². The lowest BCUT2D eigenvalue weighted by Crippen LogP contribution is -2.37. The van der Waals surface area contributed by atoms with Gasteiger partial charge in [0.2, 0.25) is 0 Å². The lowest BCUT2D eigenvalue weighted by molar-refractivity contribution is 0.298. The summed E-state index contributed by atoms with van der Waals surface area (Å²) >= 11 is 12.3. The highest BCUT2D eigenvalue weighted by Gasteiger charge is 2.14. The minimum atomic E-state index is 0.454. The summed E-state index contributed by atoms with van der Waals surface area (Å²) in [6, 6.07) is 6.10. The van der Waals surface area contributed by atoms with Gasteiger partial charge < -0.3 is 10.2 Å². The normalized spacial score (nSPS) is 18.2. The fourth-order valence-electron chi connectivity index (χ4n) is 2.39. The second-order valence-electron chi connectivity index (χ2n) is 4.99. The van der Waals surface area contributed by atoms with Crippen LogP contribution in [0, 0.1) is 0 Å². The molecule has 0 aliphatic carbocycles. The molecular formula is C14H20Cl2N2. The Morgan fingerprint density at radius 1 is 1.22 bits per heavy atom. The average Bonchev–Trinajstić information content (AvgIpc) is 2.81. The van der Waals surface area contributed by atoms with Crippen molar-refractivity contribution in [1.29, 1.82) is 0 Å². The van der Waals surface area contributed by atoms with E-state index in [1.165, 1.54) is 25.9 Å². The molecule has 0 radical (unpaired) electrons. The summed E-state index contributed by atoms with van der Waals surface area (Å²) in [5.41, 5.74) is 0.995. The molecular weight excluding hydrogens is 267 g/mol. The van der Waals surface area contributed by atoms with Crippen molar-refractivity contribution in [2.75, 3.05) is 19.6 Å². The molecule has 4 heteroatoms. The molecule has 2 nitrogen and oxygen atoms in total. The largest absolute Gasteiger partial charge is 0.309 e. The Labute approximate surface area is 119 Å². The van der Waals surface area contributed by atoms with Gasteiger partial charge in [-0.05, 0) is 45.0 Å². The van der Waals surface area contributed by atoms with E-state index in [0.717, 1.165) is 28.7 Å². The smallest absolute Gasteiger partial charge is 0.0465 e. The first-order chi connectivity index (χ1) is 8.66. The number of hydrogen-bond acceptors (Lipinski definition) is 2. The second-order valence-corrected chi connectivity index (χ2v) is 5.80. The number of likely N-dealkylation sites (tertiary alicyclic amines) is 1. The first-order valence-electron chi connectivity index (χ1n) is 6.55. The predicted molar refractivity (Wildman–Crippen MR) is 78.4 cm³/mol. The van der Waals surface area contributed by atoms with Crippen LogP contribution in [0.15, 0.2) is 18.2 Å². The fraction of sp³-hybridized carbons (Fsp3) is 0.571. The number of benzene rings is 1. The maximum atomic E-state index is 6.15. The van der Waals surface area contributed by atoms with Crippen LogP contribution in [0.3, 0.4) is 0 Å². The Balaban J connectivity index is 1.83. The molecule has 0 aromatic heterocycles. The van der Waals surface area contributed by atoms with Gasteiger partial charge in [-0.15, -0.1) is 0 Å². The van der Waals surface area contributed by atoms with E-state index in [0.29, 0.717) is 6.04 Å². The molecule has 1 saturated heterocycles. The summed E-state index contributed by atoms with van der Waals surface area (Å²) in [4.78, 5) is 2.51. The first-order valence-corrected chi connectivity index (χ1v) is 7.31. The van der Waals surface area contributed by atoms with Crippen molar-refractivity contribution < 1.29 is 0 Å². The van der Waals surface area contributed by atoms with Crippen molar-refractivity contribution in [3.8, 4) is 0 Å². The summed E-state index contributed by atoms with van der Waals surface area (Å²) in [5, 5.41) is 4.98. The molecule has 0 saturated carbocycles. The molecule has 1 N–H and O–H groups in total. The van der Waals surface area contributed by atoms with E-state index in [1.54, 1.807) is 0 Å². The quantitative estimate of drug-likeness (QED) is 0.890. The van der Waals surface area contributed by atoms with Crippen molar-refractivity contribution >= 4 is 23.2 Å². The number of rotatable bonds is 5. The van der Waals surface area contributed by atoms with E-state index in [4.69, 9.17) is 23.2 Å². The van der Waals surface area contributed by atoms with Crippen molar-refractivity contribution in [2.24, 2.45) is 0 Å². The molecule has 1 heterocycles. The van der Waals surface area contributed by atoms with E-state index in [2.05, 4.69) is 17.1 Å². The SMILES string of the molecule is CC(CN1CCCC1)NCc1c(Cl)cccc1Cl. The van der Waals surface area contributed by atoms with Crippen LogP contribution in [-0.4, -0.2) is 30.6 Å². The van der Waals surface area contributed by atoms with Crippen LogP contribution < -0.4 is 5.32 Å². The molecule has 0 amide bonds. The highest BCUT2D eigenvalue weighted by atomic mass is 35.5. The van der Waals surface area contributed by atoms with Gasteiger partial charge in [-0.25, -0.2) is 0 Å². The average molecular weight is 287 g/mol. The molecule has 1 aliphatic rings. The van der Waals surface area contributed by atoms with Gasteiger partial charge in [0, 0.05) is 34.7 Å². The molecule has 1 fully saturated rings. The Bertz CT molecular complexity index is 369. The number of hydrogen-bond donors (Lipinski definition) is 1. The van der Waals surface area contributed by atoms with Crippen LogP contribution in [0.5, 0.6) is 0 Å².